The Hall–Kier alpha value is -2.33. The van der Waals surface area contributed by atoms with E-state index in [9.17, 15) is 45.2 Å². The Morgan fingerprint density at radius 3 is 1.98 bits per heavy atom. The van der Waals surface area contributed by atoms with Gasteiger partial charge in [0.25, 0.3) is 0 Å². The molecule has 3 aromatic rings. The van der Waals surface area contributed by atoms with Gasteiger partial charge in [0.05, 0.1) is 13.2 Å². The van der Waals surface area contributed by atoms with Gasteiger partial charge in [-0.25, -0.2) is 4.39 Å². The van der Waals surface area contributed by atoms with Crippen LogP contribution in [0.3, 0.4) is 0 Å². The molecule has 0 spiro atoms. The Bertz CT molecular complexity index is 1380. The summed E-state index contributed by atoms with van der Waals surface area (Å²) in [4.78, 5) is 1.77. The molecule has 0 radical (unpaired) electrons. The number of benzene rings is 2. The summed E-state index contributed by atoms with van der Waals surface area (Å²) in [5.74, 6) is -0.666. The first-order valence-electron chi connectivity index (χ1n) is 13.6. The van der Waals surface area contributed by atoms with E-state index in [0.717, 1.165) is 20.9 Å². The number of hydrogen-bond acceptors (Lipinski definition) is 11. The van der Waals surface area contributed by atoms with E-state index in [-0.39, 0.29) is 5.56 Å². The molecule has 228 valence electrons. The normalized spacial score (nSPS) is 33.6. The molecule has 2 aliphatic rings. The second-order valence-corrected chi connectivity index (χ2v) is 12.0. The molecule has 0 saturated carbocycles. The number of aliphatic hydroxyl groups excluding tert-OH is 8. The molecule has 10 atom stereocenters. The van der Waals surface area contributed by atoms with E-state index in [2.05, 4.69) is 0 Å². The minimum absolute atomic E-state index is 0.0116. The van der Waals surface area contributed by atoms with Crippen molar-refractivity contribution >= 4 is 11.3 Å². The first-order valence-corrected chi connectivity index (χ1v) is 14.4. The van der Waals surface area contributed by atoms with Crippen LogP contribution in [0, 0.1) is 12.7 Å². The van der Waals surface area contributed by atoms with Crippen molar-refractivity contribution in [2.75, 3.05) is 13.2 Å². The third-order valence-corrected chi connectivity index (χ3v) is 9.23. The first-order chi connectivity index (χ1) is 20.0. The van der Waals surface area contributed by atoms with Gasteiger partial charge in [0.2, 0.25) is 0 Å². The molecule has 1 unspecified atom stereocenters. The minimum atomic E-state index is -1.63. The van der Waals surface area contributed by atoms with Gasteiger partial charge in [0.1, 0.15) is 66.9 Å². The van der Waals surface area contributed by atoms with Crippen molar-refractivity contribution < 1.29 is 54.7 Å². The van der Waals surface area contributed by atoms with Crippen LogP contribution in [0.1, 0.15) is 39.3 Å². The van der Waals surface area contributed by atoms with Gasteiger partial charge in [0, 0.05) is 21.7 Å². The van der Waals surface area contributed by atoms with Crippen molar-refractivity contribution in [1.82, 2.24) is 0 Å². The predicted octanol–water partition coefficient (Wildman–Crippen LogP) is 0.483. The molecule has 42 heavy (non-hydrogen) atoms. The van der Waals surface area contributed by atoms with Gasteiger partial charge in [-0.1, -0.05) is 24.3 Å². The maximum absolute atomic E-state index is 14.9. The molecular formula is C30H35FO10S. The minimum Gasteiger partial charge on any atom is -0.394 e. The van der Waals surface area contributed by atoms with E-state index in [1.807, 2.05) is 31.2 Å². The highest BCUT2D eigenvalue weighted by atomic mass is 32.1. The number of thiophene rings is 1. The van der Waals surface area contributed by atoms with Gasteiger partial charge in [-0.3, -0.25) is 0 Å². The van der Waals surface area contributed by atoms with Crippen molar-refractivity contribution in [3.63, 3.8) is 0 Å². The number of ether oxygens (including phenoxy) is 2. The maximum Gasteiger partial charge on any atom is 0.129 e. The molecule has 0 aliphatic carbocycles. The zero-order valence-corrected chi connectivity index (χ0v) is 23.5. The Morgan fingerprint density at radius 2 is 1.33 bits per heavy atom. The van der Waals surface area contributed by atoms with E-state index < -0.39 is 80.1 Å². The lowest BCUT2D eigenvalue weighted by molar-refractivity contribution is -0.232. The van der Waals surface area contributed by atoms with E-state index in [1.165, 1.54) is 23.5 Å². The highest BCUT2D eigenvalue weighted by Crippen LogP contribution is 2.38. The second kappa shape index (κ2) is 12.7. The largest absolute Gasteiger partial charge is 0.394 e. The van der Waals surface area contributed by atoms with E-state index in [0.29, 0.717) is 17.5 Å². The Kier molecular flexibility index (Phi) is 9.42. The van der Waals surface area contributed by atoms with Crippen LogP contribution in [0.4, 0.5) is 4.39 Å². The quantitative estimate of drug-likeness (QED) is 0.189. The first kappa shape index (κ1) is 31.1. The van der Waals surface area contributed by atoms with Crippen molar-refractivity contribution in [2.24, 2.45) is 0 Å². The van der Waals surface area contributed by atoms with Gasteiger partial charge in [-0.2, -0.15) is 0 Å². The highest BCUT2D eigenvalue weighted by Gasteiger charge is 2.45. The van der Waals surface area contributed by atoms with E-state index >= 15 is 0 Å². The smallest absolute Gasteiger partial charge is 0.129 e. The fourth-order valence-electron chi connectivity index (χ4n) is 5.53. The zero-order valence-electron chi connectivity index (χ0n) is 22.7. The van der Waals surface area contributed by atoms with E-state index in [4.69, 9.17) is 9.47 Å². The topological polar surface area (TPSA) is 180 Å². The monoisotopic (exact) mass is 606 g/mol. The summed E-state index contributed by atoms with van der Waals surface area (Å²) in [5.41, 5.74) is 3.13. The molecule has 1 aromatic heterocycles. The lowest BCUT2D eigenvalue weighted by Crippen LogP contribution is -2.55. The van der Waals surface area contributed by atoms with Crippen LogP contribution in [0.15, 0.2) is 48.5 Å². The van der Waals surface area contributed by atoms with Gasteiger partial charge in [-0.15, -0.1) is 11.3 Å². The Balaban J connectivity index is 1.37. The van der Waals surface area contributed by atoms with Crippen LogP contribution in [0.5, 0.6) is 0 Å². The molecule has 2 aromatic carbocycles. The summed E-state index contributed by atoms with van der Waals surface area (Å²) in [5, 5.41) is 80.7. The second-order valence-electron chi connectivity index (χ2n) is 10.9. The van der Waals surface area contributed by atoms with Gasteiger partial charge < -0.3 is 50.3 Å². The lowest BCUT2D eigenvalue weighted by Gasteiger charge is -2.40. The van der Waals surface area contributed by atoms with Crippen LogP contribution in [-0.2, 0) is 15.9 Å². The average molecular weight is 607 g/mol. The number of hydrogen-bond donors (Lipinski definition) is 8. The molecule has 0 bridgehead atoms. The van der Waals surface area contributed by atoms with E-state index in [1.54, 1.807) is 12.1 Å². The molecule has 5 rings (SSSR count). The van der Waals surface area contributed by atoms with Crippen LogP contribution >= 0.6 is 11.3 Å². The fraction of sp³-hybridized carbons (Fsp3) is 0.467. The van der Waals surface area contributed by atoms with Crippen LogP contribution in [-0.4, -0.2) is 103 Å². The molecule has 10 nitrogen and oxygen atoms in total. The summed E-state index contributed by atoms with van der Waals surface area (Å²) in [7, 11) is 0. The predicted molar refractivity (Wildman–Crippen MR) is 149 cm³/mol. The molecule has 12 heteroatoms. The van der Waals surface area contributed by atoms with Gasteiger partial charge in [-0.05, 0) is 53.4 Å². The Morgan fingerprint density at radius 1 is 0.714 bits per heavy atom. The molecule has 2 fully saturated rings. The van der Waals surface area contributed by atoms with Crippen LogP contribution in [0.25, 0.3) is 10.4 Å². The number of aryl methyl sites for hydroxylation is 1. The van der Waals surface area contributed by atoms with Gasteiger partial charge >= 0.3 is 0 Å². The molecule has 8 N–H and O–H groups in total. The maximum atomic E-state index is 14.9. The van der Waals surface area contributed by atoms with Crippen molar-refractivity contribution in [3.05, 3.63) is 81.5 Å². The summed E-state index contributed by atoms with van der Waals surface area (Å²) < 4.78 is 26.2. The number of rotatable bonds is 7. The average Bonchev–Trinajstić information content (AvgIpc) is 3.45. The molecule has 3 heterocycles. The van der Waals surface area contributed by atoms with Crippen LogP contribution < -0.4 is 0 Å². The highest BCUT2D eigenvalue weighted by molar-refractivity contribution is 7.15. The lowest BCUT2D eigenvalue weighted by atomic mass is 9.89. The molecule has 2 saturated heterocycles. The summed E-state index contributed by atoms with van der Waals surface area (Å²) in [6.07, 6.45) is -13.0. The molecule has 0 amide bonds. The fourth-order valence-corrected chi connectivity index (χ4v) is 6.55. The Labute approximate surface area is 245 Å². The van der Waals surface area contributed by atoms with Crippen molar-refractivity contribution in [2.45, 2.75) is 74.4 Å². The summed E-state index contributed by atoms with van der Waals surface area (Å²) in [6.45, 7) is 0.807. The number of halogens is 1. The van der Waals surface area contributed by atoms with Crippen molar-refractivity contribution in [3.8, 4) is 10.4 Å². The standard InChI is InChI=1S/C30H35FO10S/c1-13-2-3-15(29-27(38)25(36)23(34)20(11-32)40-29)8-16(13)9-17-5-7-22(42-17)14-4-6-19(31)18(10-14)30-28(39)26(37)24(35)21(12-33)41-30/h2-8,10,20-21,23-30,32-39H,9,11-12H2,1H3/t20-,21-,23-,24-,25+,26+,27-,28-,29+,30?/m1/s1. The van der Waals surface area contributed by atoms with Crippen molar-refractivity contribution in [1.29, 1.82) is 0 Å². The third kappa shape index (κ3) is 5.90. The third-order valence-electron chi connectivity index (χ3n) is 8.10. The summed E-state index contributed by atoms with van der Waals surface area (Å²) in [6, 6.07) is 13.6. The molecule has 2 aliphatic heterocycles. The summed E-state index contributed by atoms with van der Waals surface area (Å²) >= 11 is 1.46. The molecular weight excluding hydrogens is 571 g/mol. The SMILES string of the molecule is Cc1ccc([C@@H]2O[C@H](CO)[C@@H](O)[C@H](O)[C@H]2O)cc1Cc1ccc(-c2ccc(F)c(C3O[C@H](CO)[C@@H](O)[C@H](O)[C@H]3O)c2)s1. The van der Waals surface area contributed by atoms with Gasteiger partial charge in [0.15, 0.2) is 0 Å². The number of aliphatic hydroxyl groups is 8. The zero-order chi connectivity index (χ0) is 30.3. The van der Waals surface area contributed by atoms with Crippen LogP contribution in [0.2, 0.25) is 0 Å².